The quantitative estimate of drug-likeness (QED) is 0.686. The summed E-state index contributed by atoms with van der Waals surface area (Å²) in [5, 5.41) is 9.46. The van der Waals surface area contributed by atoms with E-state index in [1.54, 1.807) is 0 Å². The molecule has 0 N–H and O–H groups in total. The van der Waals surface area contributed by atoms with Gasteiger partial charge in [-0.05, 0) is 61.7 Å². The molecular weight excluding hydrogens is 300 g/mol. The highest BCUT2D eigenvalue weighted by molar-refractivity contribution is 5.87. The van der Waals surface area contributed by atoms with Crippen LogP contribution in [0.4, 0.5) is 0 Å². The van der Waals surface area contributed by atoms with Crippen LogP contribution in [0.25, 0.3) is 0 Å². The second kappa shape index (κ2) is 5.07. The molecular formula is C20H28N2O2. The highest BCUT2D eigenvalue weighted by Gasteiger charge is 2.62. The Bertz CT molecular complexity index is 638. The first-order valence-electron chi connectivity index (χ1n) is 9.52. The molecule has 1 aliphatic heterocycles. The number of rotatable bonds is 0. The van der Waals surface area contributed by atoms with Crippen LogP contribution in [0.5, 0.6) is 0 Å². The Labute approximate surface area is 144 Å². The summed E-state index contributed by atoms with van der Waals surface area (Å²) in [7, 11) is 1.89. The lowest BCUT2D eigenvalue weighted by Gasteiger charge is -2.61. The summed E-state index contributed by atoms with van der Waals surface area (Å²) in [6.07, 6.45) is 6.74. The summed E-state index contributed by atoms with van der Waals surface area (Å²) < 4.78 is 0. The van der Waals surface area contributed by atoms with Crippen LogP contribution < -0.4 is 0 Å². The second-order valence-electron chi connectivity index (χ2n) is 9.23. The Morgan fingerprint density at radius 3 is 2.58 bits per heavy atom. The zero-order valence-corrected chi connectivity index (χ0v) is 15.0. The van der Waals surface area contributed by atoms with E-state index in [1.807, 2.05) is 11.9 Å². The SMILES string of the molecule is CN1C(=O)C(C#N)C[C@@]2(C)C1CC[C@@H]1[C@H]2CC[C@]2(C)C(=O)CC[C@@H]12. The molecule has 0 radical (unpaired) electrons. The number of nitriles is 1. The molecule has 0 bridgehead atoms. The Balaban J connectivity index is 1.69. The maximum Gasteiger partial charge on any atom is 0.239 e. The van der Waals surface area contributed by atoms with Gasteiger partial charge in [-0.3, -0.25) is 9.59 Å². The second-order valence-corrected chi connectivity index (χ2v) is 9.23. The van der Waals surface area contributed by atoms with Gasteiger partial charge in [0.1, 0.15) is 11.7 Å². The minimum absolute atomic E-state index is 0.00937. The third-order valence-corrected chi connectivity index (χ3v) is 8.44. The number of ketones is 1. The van der Waals surface area contributed by atoms with E-state index in [4.69, 9.17) is 0 Å². The van der Waals surface area contributed by atoms with Gasteiger partial charge in [0.15, 0.2) is 0 Å². The molecule has 4 aliphatic rings. The maximum absolute atomic E-state index is 12.5. The van der Waals surface area contributed by atoms with Crippen LogP contribution in [-0.2, 0) is 9.59 Å². The van der Waals surface area contributed by atoms with Crippen molar-refractivity contribution in [3.05, 3.63) is 0 Å². The first kappa shape index (κ1) is 16.1. The third-order valence-electron chi connectivity index (χ3n) is 8.44. The van der Waals surface area contributed by atoms with Crippen LogP contribution in [-0.4, -0.2) is 29.7 Å². The van der Waals surface area contributed by atoms with Crippen LogP contribution >= 0.6 is 0 Å². The number of likely N-dealkylation sites (tertiary alicyclic amines) is 1. The number of carbonyl (C=O) groups excluding carboxylic acids is 2. The largest absolute Gasteiger partial charge is 0.341 e. The molecule has 1 saturated heterocycles. The van der Waals surface area contributed by atoms with Crippen molar-refractivity contribution < 1.29 is 9.59 Å². The monoisotopic (exact) mass is 328 g/mol. The molecule has 1 amide bonds. The summed E-state index contributed by atoms with van der Waals surface area (Å²) in [5.41, 5.74) is -0.0751. The number of fused-ring (bicyclic) bond motifs is 5. The molecule has 7 atom stereocenters. The number of piperidine rings is 1. The molecule has 3 saturated carbocycles. The number of hydrogen-bond donors (Lipinski definition) is 0. The summed E-state index contributed by atoms with van der Waals surface area (Å²) in [6, 6.07) is 2.51. The minimum atomic E-state index is -0.492. The minimum Gasteiger partial charge on any atom is -0.341 e. The highest BCUT2D eigenvalue weighted by atomic mass is 16.2. The number of hydrogen-bond acceptors (Lipinski definition) is 3. The van der Waals surface area contributed by atoms with Gasteiger partial charge in [0.05, 0.1) is 6.07 Å². The molecule has 130 valence electrons. The lowest BCUT2D eigenvalue weighted by Crippen LogP contribution is -2.63. The van der Waals surface area contributed by atoms with Crippen molar-refractivity contribution in [3.8, 4) is 6.07 Å². The van der Waals surface area contributed by atoms with Gasteiger partial charge in [-0.25, -0.2) is 0 Å². The molecule has 4 heteroatoms. The van der Waals surface area contributed by atoms with Gasteiger partial charge in [-0.1, -0.05) is 13.8 Å². The van der Waals surface area contributed by atoms with Crippen LogP contribution in [0.1, 0.15) is 58.8 Å². The lowest BCUT2D eigenvalue weighted by atomic mass is 9.47. The van der Waals surface area contributed by atoms with Gasteiger partial charge < -0.3 is 4.90 Å². The Morgan fingerprint density at radius 1 is 1.12 bits per heavy atom. The van der Waals surface area contributed by atoms with Gasteiger partial charge in [-0.2, -0.15) is 5.26 Å². The molecule has 1 heterocycles. The van der Waals surface area contributed by atoms with Crippen molar-refractivity contribution in [2.75, 3.05) is 7.05 Å². The molecule has 4 rings (SSSR count). The molecule has 4 nitrogen and oxygen atoms in total. The molecule has 2 unspecified atom stereocenters. The van der Waals surface area contributed by atoms with Crippen LogP contribution in [0, 0.1) is 45.8 Å². The van der Waals surface area contributed by atoms with Crippen molar-refractivity contribution in [2.45, 2.75) is 64.8 Å². The van der Waals surface area contributed by atoms with Crippen molar-refractivity contribution in [3.63, 3.8) is 0 Å². The van der Waals surface area contributed by atoms with E-state index in [1.165, 1.54) is 0 Å². The topological polar surface area (TPSA) is 61.2 Å². The highest BCUT2D eigenvalue weighted by Crippen LogP contribution is 2.64. The fourth-order valence-electron chi connectivity index (χ4n) is 7.16. The number of carbonyl (C=O) groups is 2. The smallest absolute Gasteiger partial charge is 0.239 e. The molecule has 0 aromatic heterocycles. The fourth-order valence-corrected chi connectivity index (χ4v) is 7.16. The molecule has 0 aromatic rings. The normalized spacial score (nSPS) is 50.8. The summed E-state index contributed by atoms with van der Waals surface area (Å²) in [4.78, 5) is 26.8. The lowest BCUT2D eigenvalue weighted by molar-refractivity contribution is -0.163. The van der Waals surface area contributed by atoms with E-state index in [0.717, 1.165) is 38.5 Å². The Morgan fingerprint density at radius 2 is 1.88 bits per heavy atom. The Hall–Kier alpha value is -1.37. The first-order chi connectivity index (χ1) is 11.3. The summed E-state index contributed by atoms with van der Waals surface area (Å²) in [6.45, 7) is 4.52. The van der Waals surface area contributed by atoms with E-state index < -0.39 is 5.92 Å². The third kappa shape index (κ3) is 1.85. The predicted molar refractivity (Wildman–Crippen MR) is 89.7 cm³/mol. The number of nitrogens with zero attached hydrogens (tertiary/aromatic N) is 2. The van der Waals surface area contributed by atoms with Crippen LogP contribution in [0.3, 0.4) is 0 Å². The fraction of sp³-hybridized carbons (Fsp3) is 0.850. The zero-order chi connectivity index (χ0) is 17.3. The van der Waals surface area contributed by atoms with Gasteiger partial charge in [0, 0.05) is 24.9 Å². The van der Waals surface area contributed by atoms with Crippen molar-refractivity contribution >= 4 is 11.7 Å². The van der Waals surface area contributed by atoms with Crippen molar-refractivity contribution in [1.29, 1.82) is 5.26 Å². The summed E-state index contributed by atoms with van der Waals surface area (Å²) in [5.74, 6) is 1.65. The van der Waals surface area contributed by atoms with Crippen LogP contribution in [0.15, 0.2) is 0 Å². The maximum atomic E-state index is 12.5. The van der Waals surface area contributed by atoms with Crippen molar-refractivity contribution in [1.82, 2.24) is 4.90 Å². The van der Waals surface area contributed by atoms with E-state index in [9.17, 15) is 14.9 Å². The number of Topliss-reactive ketones (excluding diaryl/α,β-unsaturated/α-hetero) is 1. The predicted octanol–water partition coefficient (Wildman–Crippen LogP) is 3.17. The molecule has 4 fully saturated rings. The van der Waals surface area contributed by atoms with E-state index in [2.05, 4.69) is 19.9 Å². The van der Waals surface area contributed by atoms with Gasteiger partial charge in [-0.15, -0.1) is 0 Å². The molecule has 24 heavy (non-hydrogen) atoms. The van der Waals surface area contributed by atoms with Crippen molar-refractivity contribution in [2.24, 2.45) is 34.5 Å². The van der Waals surface area contributed by atoms with Crippen LogP contribution in [0.2, 0.25) is 0 Å². The van der Waals surface area contributed by atoms with Gasteiger partial charge >= 0.3 is 0 Å². The first-order valence-corrected chi connectivity index (χ1v) is 9.52. The van der Waals surface area contributed by atoms with Gasteiger partial charge in [0.25, 0.3) is 0 Å². The van der Waals surface area contributed by atoms with E-state index in [-0.39, 0.29) is 22.8 Å². The Kier molecular flexibility index (Phi) is 3.40. The summed E-state index contributed by atoms with van der Waals surface area (Å²) >= 11 is 0. The average Bonchev–Trinajstić information content (AvgIpc) is 2.86. The molecule has 0 spiro atoms. The standard InChI is InChI=1S/C20H28N2O2/c1-19-9-8-15-13(14(19)5-7-17(19)23)4-6-16-20(15,2)10-12(11-21)18(24)22(16)3/h12-16H,4-10H2,1-3H3/t12?,13-,14-,15+,16?,19-,20+/m0/s1. The van der Waals surface area contributed by atoms with E-state index >= 15 is 0 Å². The van der Waals surface area contributed by atoms with E-state index in [0.29, 0.717) is 30.0 Å². The zero-order valence-electron chi connectivity index (χ0n) is 15.0. The molecule has 0 aromatic carbocycles. The molecule has 3 aliphatic carbocycles. The number of amides is 1. The van der Waals surface area contributed by atoms with Gasteiger partial charge in [0.2, 0.25) is 5.91 Å². The average molecular weight is 328 g/mol.